The normalized spacial score (nSPS) is 14.8. The second kappa shape index (κ2) is 10.9. The molecule has 0 fully saturated rings. The molecule has 0 aromatic heterocycles. The van der Waals surface area contributed by atoms with Gasteiger partial charge in [-0.25, -0.2) is 14.6 Å². The van der Waals surface area contributed by atoms with Gasteiger partial charge in [0.2, 0.25) is 0 Å². The van der Waals surface area contributed by atoms with E-state index >= 15 is 0 Å². The fraction of sp³-hybridized carbons (Fsp3) is 0.259. The number of hydrogen-bond donors (Lipinski definition) is 2. The van der Waals surface area contributed by atoms with Crippen LogP contribution in [-0.4, -0.2) is 42.3 Å². The molecule has 0 heterocycles. The smallest absolute Gasteiger partial charge is 0.341 e. The monoisotopic (exact) mass is 459 g/mol. The molecule has 4 rings (SSSR count). The van der Waals surface area contributed by atoms with Crippen molar-refractivity contribution in [3.63, 3.8) is 0 Å². The summed E-state index contributed by atoms with van der Waals surface area (Å²) in [7, 11) is 1.88. The first-order chi connectivity index (χ1) is 16.5. The summed E-state index contributed by atoms with van der Waals surface area (Å²) in [5.41, 5.74) is 6.87. The van der Waals surface area contributed by atoms with Crippen molar-refractivity contribution in [2.24, 2.45) is 5.92 Å². The zero-order chi connectivity index (χ0) is 23.9. The minimum absolute atomic E-state index is 0.222. The van der Waals surface area contributed by atoms with Crippen LogP contribution in [0.15, 0.2) is 78.9 Å². The van der Waals surface area contributed by atoms with Crippen molar-refractivity contribution in [1.29, 1.82) is 0 Å². The lowest BCUT2D eigenvalue weighted by atomic mass is 9.83. The Kier molecular flexibility index (Phi) is 7.44. The largest absolute Gasteiger partial charge is 0.482 e. The number of rotatable bonds is 8. The molecule has 3 aromatic carbocycles. The van der Waals surface area contributed by atoms with Gasteiger partial charge in [0.15, 0.2) is 6.61 Å². The second-order valence-electron chi connectivity index (χ2n) is 8.49. The van der Waals surface area contributed by atoms with E-state index in [4.69, 9.17) is 9.84 Å². The summed E-state index contributed by atoms with van der Waals surface area (Å²) in [5.74, 6) is 0.0273. The SMILES string of the molecule is CN(CC1CCc2c(cccc2OCC(=O)O)C1)NC(=O)N(c1ccccc1)c1ccccc1. The predicted molar refractivity (Wildman–Crippen MR) is 131 cm³/mol. The third-order valence-corrected chi connectivity index (χ3v) is 5.94. The van der Waals surface area contributed by atoms with Crippen LogP contribution in [-0.2, 0) is 17.6 Å². The second-order valence-corrected chi connectivity index (χ2v) is 8.49. The van der Waals surface area contributed by atoms with E-state index in [-0.39, 0.29) is 12.6 Å². The summed E-state index contributed by atoms with van der Waals surface area (Å²) in [6, 6.07) is 24.7. The molecular formula is C27H29N3O4. The number of carboxylic acid groups (broad SMARTS) is 1. The van der Waals surface area contributed by atoms with Crippen molar-refractivity contribution in [3.05, 3.63) is 90.0 Å². The molecule has 2 N–H and O–H groups in total. The van der Waals surface area contributed by atoms with Crippen LogP contribution in [0.5, 0.6) is 5.75 Å². The Hall–Kier alpha value is -3.84. The number of anilines is 2. The molecule has 3 aromatic rings. The fourth-order valence-electron chi connectivity index (χ4n) is 4.46. The molecule has 0 saturated heterocycles. The number of urea groups is 1. The molecule has 34 heavy (non-hydrogen) atoms. The molecule has 1 atom stereocenters. The van der Waals surface area contributed by atoms with Crippen LogP contribution in [0.2, 0.25) is 0 Å². The third kappa shape index (κ3) is 5.74. The number of para-hydroxylation sites is 2. The Morgan fingerprint density at radius 2 is 1.62 bits per heavy atom. The van der Waals surface area contributed by atoms with E-state index in [9.17, 15) is 9.59 Å². The number of nitrogens with zero attached hydrogens (tertiary/aromatic N) is 2. The highest BCUT2D eigenvalue weighted by molar-refractivity contribution is 5.99. The van der Waals surface area contributed by atoms with Gasteiger partial charge >= 0.3 is 12.0 Å². The minimum atomic E-state index is -0.983. The molecule has 1 aliphatic carbocycles. The number of amides is 2. The zero-order valence-electron chi connectivity index (χ0n) is 19.2. The van der Waals surface area contributed by atoms with Gasteiger partial charge < -0.3 is 9.84 Å². The van der Waals surface area contributed by atoms with Crippen LogP contribution in [0.25, 0.3) is 0 Å². The van der Waals surface area contributed by atoms with Crippen LogP contribution in [0, 0.1) is 5.92 Å². The first kappa shape index (κ1) is 23.3. The lowest BCUT2D eigenvalue weighted by molar-refractivity contribution is -0.139. The Morgan fingerprint density at radius 3 is 2.24 bits per heavy atom. The van der Waals surface area contributed by atoms with E-state index in [1.54, 1.807) is 4.90 Å². The first-order valence-electron chi connectivity index (χ1n) is 11.4. The summed E-state index contributed by atoms with van der Waals surface area (Å²) in [6.45, 7) is 0.358. The van der Waals surface area contributed by atoms with Gasteiger partial charge in [-0.15, -0.1) is 0 Å². The maximum Gasteiger partial charge on any atom is 0.341 e. The van der Waals surface area contributed by atoms with E-state index in [0.717, 1.165) is 36.2 Å². The number of benzene rings is 3. The number of carboxylic acids is 1. The van der Waals surface area contributed by atoms with Crippen molar-refractivity contribution < 1.29 is 19.4 Å². The number of hydrogen-bond acceptors (Lipinski definition) is 4. The van der Waals surface area contributed by atoms with E-state index in [1.807, 2.05) is 84.9 Å². The zero-order valence-corrected chi connectivity index (χ0v) is 19.2. The Bertz CT molecular complexity index is 1080. The number of aliphatic carboxylic acids is 1. The Balaban J connectivity index is 1.41. The molecule has 0 aliphatic heterocycles. The molecule has 2 amide bonds. The Labute approximate surface area is 199 Å². The van der Waals surface area contributed by atoms with Crippen molar-refractivity contribution >= 4 is 23.4 Å². The molecule has 176 valence electrons. The predicted octanol–water partition coefficient (Wildman–Crippen LogP) is 4.65. The van der Waals surface area contributed by atoms with E-state index in [2.05, 4.69) is 11.5 Å². The summed E-state index contributed by atoms with van der Waals surface area (Å²) in [6.07, 6.45) is 2.60. The number of ether oxygens (including phenoxy) is 1. The quantitative estimate of drug-likeness (QED) is 0.479. The highest BCUT2D eigenvalue weighted by Gasteiger charge is 2.24. The van der Waals surface area contributed by atoms with Crippen LogP contribution in [0.4, 0.5) is 16.2 Å². The molecule has 0 bridgehead atoms. The number of fused-ring (bicyclic) bond motifs is 1. The lowest BCUT2D eigenvalue weighted by Gasteiger charge is -2.31. The number of carbonyl (C=O) groups is 2. The molecule has 0 radical (unpaired) electrons. The van der Waals surface area contributed by atoms with E-state index < -0.39 is 5.97 Å². The molecule has 7 heteroatoms. The summed E-state index contributed by atoms with van der Waals surface area (Å²) in [5, 5.41) is 10.8. The minimum Gasteiger partial charge on any atom is -0.482 e. The average molecular weight is 460 g/mol. The molecular weight excluding hydrogens is 430 g/mol. The number of carbonyl (C=O) groups excluding carboxylic acids is 1. The lowest BCUT2D eigenvalue weighted by Crippen LogP contribution is -2.48. The van der Waals surface area contributed by atoms with Gasteiger partial charge in [-0.3, -0.25) is 10.3 Å². The van der Waals surface area contributed by atoms with Crippen LogP contribution < -0.4 is 15.1 Å². The standard InChI is InChI=1S/C27H29N3O4/c1-29(18-20-15-16-24-21(17-20)9-8-14-25(24)34-19-26(31)32)28-27(33)30(22-10-4-2-5-11-22)23-12-6-3-7-13-23/h2-14,20H,15-19H2,1H3,(H,28,33)(H,31,32). The van der Waals surface area contributed by atoms with E-state index in [0.29, 0.717) is 18.2 Å². The van der Waals surface area contributed by atoms with Crippen LogP contribution in [0.3, 0.4) is 0 Å². The van der Waals surface area contributed by atoms with Crippen molar-refractivity contribution in [2.75, 3.05) is 25.1 Å². The average Bonchev–Trinajstić information content (AvgIpc) is 2.84. The highest BCUT2D eigenvalue weighted by Crippen LogP contribution is 2.32. The van der Waals surface area contributed by atoms with Gasteiger partial charge in [0.25, 0.3) is 0 Å². The summed E-state index contributed by atoms with van der Waals surface area (Å²) >= 11 is 0. The fourth-order valence-corrected chi connectivity index (χ4v) is 4.46. The van der Waals surface area contributed by atoms with Gasteiger partial charge in [-0.1, -0.05) is 48.5 Å². The third-order valence-electron chi connectivity index (χ3n) is 5.94. The van der Waals surface area contributed by atoms with Gasteiger partial charge in [-0.2, -0.15) is 0 Å². The summed E-state index contributed by atoms with van der Waals surface area (Å²) in [4.78, 5) is 25.8. The van der Waals surface area contributed by atoms with Gasteiger partial charge in [0.1, 0.15) is 5.75 Å². The van der Waals surface area contributed by atoms with E-state index in [1.165, 1.54) is 5.56 Å². The summed E-state index contributed by atoms with van der Waals surface area (Å²) < 4.78 is 5.47. The van der Waals surface area contributed by atoms with Gasteiger partial charge in [-0.05, 0) is 66.6 Å². The molecule has 7 nitrogen and oxygen atoms in total. The molecule has 1 unspecified atom stereocenters. The highest BCUT2D eigenvalue weighted by atomic mass is 16.5. The number of nitrogens with one attached hydrogen (secondary N) is 1. The van der Waals surface area contributed by atoms with Crippen LogP contribution >= 0.6 is 0 Å². The molecule has 0 spiro atoms. The van der Waals surface area contributed by atoms with Crippen LogP contribution in [0.1, 0.15) is 17.5 Å². The van der Waals surface area contributed by atoms with Crippen molar-refractivity contribution in [3.8, 4) is 5.75 Å². The topological polar surface area (TPSA) is 82.1 Å². The maximum absolute atomic E-state index is 13.3. The molecule has 0 saturated carbocycles. The van der Waals surface area contributed by atoms with Crippen molar-refractivity contribution in [2.45, 2.75) is 19.3 Å². The number of hydrazine groups is 1. The van der Waals surface area contributed by atoms with Crippen molar-refractivity contribution in [1.82, 2.24) is 10.4 Å². The Morgan fingerprint density at radius 1 is 0.971 bits per heavy atom. The van der Waals surface area contributed by atoms with Gasteiger partial charge in [0, 0.05) is 13.6 Å². The first-order valence-corrected chi connectivity index (χ1v) is 11.4. The molecule has 1 aliphatic rings. The maximum atomic E-state index is 13.3. The van der Waals surface area contributed by atoms with Gasteiger partial charge in [0.05, 0.1) is 11.4 Å².